The number of carbonyl (C=O) groups is 2. The second-order valence-corrected chi connectivity index (χ2v) is 9.17. The summed E-state index contributed by atoms with van der Waals surface area (Å²) in [6, 6.07) is 17.9. The van der Waals surface area contributed by atoms with Crippen LogP contribution in [0, 0.1) is 10.1 Å². The monoisotopic (exact) mass is 499 g/mol. The van der Waals surface area contributed by atoms with Gasteiger partial charge in [0.1, 0.15) is 0 Å². The van der Waals surface area contributed by atoms with Gasteiger partial charge in [0.2, 0.25) is 11.8 Å². The number of imide groups is 1. The highest BCUT2D eigenvalue weighted by Gasteiger charge is 2.40. The van der Waals surface area contributed by atoms with Crippen molar-refractivity contribution in [3.05, 3.63) is 92.5 Å². The number of carbonyl (C=O) groups excluding carboxylic acids is 2. The molecule has 1 aliphatic heterocycles. The van der Waals surface area contributed by atoms with E-state index in [1.165, 1.54) is 30.0 Å². The smallest absolute Gasteiger partial charge is 0.269 e. The van der Waals surface area contributed by atoms with Crippen LogP contribution in [0.3, 0.4) is 0 Å². The number of nitro benzene ring substituents is 1. The van der Waals surface area contributed by atoms with Gasteiger partial charge in [-0.25, -0.2) is 4.90 Å². The minimum Gasteiger partial charge on any atom is -0.274 e. The summed E-state index contributed by atoms with van der Waals surface area (Å²) in [6.07, 6.45) is 1.67. The van der Waals surface area contributed by atoms with Gasteiger partial charge >= 0.3 is 0 Å². The third-order valence-corrected chi connectivity index (χ3v) is 6.75. The number of rotatable bonds is 6. The van der Waals surface area contributed by atoms with Crippen LogP contribution in [0.15, 0.2) is 76.6 Å². The summed E-state index contributed by atoms with van der Waals surface area (Å²) in [7, 11) is 0. The quantitative estimate of drug-likeness (QED) is 0.177. The standard InChI is InChI=1S/C23H15Cl2N3O4S/c24-19-9-8-17(11-20(19)25)27-22(29)12-21(23(27)30)33-18-3-1-2-15(10-18)26-13-14-4-6-16(7-5-14)28(31)32/h1-11,13,21H,12H2/t21-/m1/s1. The molecule has 0 N–H and O–H groups in total. The largest absolute Gasteiger partial charge is 0.274 e. The van der Waals surface area contributed by atoms with E-state index in [2.05, 4.69) is 4.99 Å². The molecule has 0 aromatic heterocycles. The van der Waals surface area contributed by atoms with Crippen molar-refractivity contribution in [1.29, 1.82) is 0 Å². The number of benzene rings is 3. The summed E-state index contributed by atoms with van der Waals surface area (Å²) in [6.45, 7) is 0. The van der Waals surface area contributed by atoms with Gasteiger partial charge in [-0.1, -0.05) is 29.3 Å². The van der Waals surface area contributed by atoms with E-state index in [4.69, 9.17) is 23.2 Å². The molecule has 4 rings (SSSR count). The second kappa shape index (κ2) is 9.74. The summed E-state index contributed by atoms with van der Waals surface area (Å²) < 4.78 is 0. The maximum Gasteiger partial charge on any atom is 0.269 e. The normalized spacial score (nSPS) is 16.1. The molecule has 10 heteroatoms. The molecule has 0 spiro atoms. The van der Waals surface area contributed by atoms with Crippen molar-refractivity contribution in [2.24, 2.45) is 4.99 Å². The fraction of sp³-hybridized carbons (Fsp3) is 0.0870. The van der Waals surface area contributed by atoms with Gasteiger partial charge in [-0.3, -0.25) is 24.7 Å². The Bertz CT molecular complexity index is 1280. The lowest BCUT2D eigenvalue weighted by Gasteiger charge is -2.15. The van der Waals surface area contributed by atoms with Gasteiger partial charge in [0.25, 0.3) is 5.69 Å². The molecular weight excluding hydrogens is 485 g/mol. The van der Waals surface area contributed by atoms with E-state index >= 15 is 0 Å². The second-order valence-electron chi connectivity index (χ2n) is 7.08. The summed E-state index contributed by atoms with van der Waals surface area (Å²) >= 11 is 13.3. The molecule has 3 aromatic carbocycles. The number of anilines is 1. The summed E-state index contributed by atoms with van der Waals surface area (Å²) in [4.78, 5) is 42.1. The van der Waals surface area contributed by atoms with E-state index in [-0.39, 0.29) is 28.9 Å². The number of amides is 2. The lowest BCUT2D eigenvalue weighted by Crippen LogP contribution is -2.31. The number of hydrogen-bond donors (Lipinski definition) is 0. The summed E-state index contributed by atoms with van der Waals surface area (Å²) in [5, 5.41) is 10.8. The Balaban J connectivity index is 1.47. The van der Waals surface area contributed by atoms with Gasteiger partial charge in [0, 0.05) is 29.7 Å². The fourth-order valence-electron chi connectivity index (χ4n) is 3.22. The zero-order valence-corrected chi connectivity index (χ0v) is 19.2. The molecule has 1 heterocycles. The predicted molar refractivity (Wildman–Crippen MR) is 130 cm³/mol. The van der Waals surface area contributed by atoms with Crippen molar-refractivity contribution in [3.8, 4) is 0 Å². The van der Waals surface area contributed by atoms with E-state index < -0.39 is 10.2 Å². The third kappa shape index (κ3) is 5.24. The molecule has 0 saturated carbocycles. The lowest BCUT2D eigenvalue weighted by atomic mass is 10.2. The van der Waals surface area contributed by atoms with Crippen molar-refractivity contribution < 1.29 is 14.5 Å². The van der Waals surface area contributed by atoms with Crippen LogP contribution < -0.4 is 4.90 Å². The highest BCUT2D eigenvalue weighted by molar-refractivity contribution is 8.00. The zero-order valence-electron chi connectivity index (χ0n) is 16.9. The molecule has 33 heavy (non-hydrogen) atoms. The number of non-ortho nitro benzene ring substituents is 1. The first-order chi connectivity index (χ1) is 15.8. The van der Waals surface area contributed by atoms with Crippen molar-refractivity contribution in [1.82, 2.24) is 0 Å². The first-order valence-corrected chi connectivity index (χ1v) is 11.3. The van der Waals surface area contributed by atoms with Crippen molar-refractivity contribution in [2.45, 2.75) is 16.6 Å². The number of nitro groups is 1. The minimum absolute atomic E-state index is 0.0104. The Labute approximate surface area is 203 Å². The van der Waals surface area contributed by atoms with Gasteiger partial charge < -0.3 is 0 Å². The van der Waals surface area contributed by atoms with Crippen molar-refractivity contribution in [3.63, 3.8) is 0 Å². The van der Waals surface area contributed by atoms with Crippen molar-refractivity contribution >= 4 is 70.1 Å². The van der Waals surface area contributed by atoms with Gasteiger partial charge in [-0.15, -0.1) is 11.8 Å². The lowest BCUT2D eigenvalue weighted by molar-refractivity contribution is -0.384. The van der Waals surface area contributed by atoms with Crippen LogP contribution in [-0.2, 0) is 9.59 Å². The Morgan fingerprint density at radius 3 is 2.48 bits per heavy atom. The number of aliphatic imine (C=N–C) groups is 1. The van der Waals surface area contributed by atoms with E-state index in [0.29, 0.717) is 22.0 Å². The van der Waals surface area contributed by atoms with Gasteiger partial charge in [-0.05, 0) is 54.1 Å². The Kier molecular flexibility index (Phi) is 6.78. The number of halogens is 2. The zero-order chi connectivity index (χ0) is 23.5. The van der Waals surface area contributed by atoms with Crippen molar-refractivity contribution in [2.75, 3.05) is 4.90 Å². The van der Waals surface area contributed by atoms with E-state index in [9.17, 15) is 19.7 Å². The fourth-order valence-corrected chi connectivity index (χ4v) is 4.62. The van der Waals surface area contributed by atoms with Crippen LogP contribution in [0.25, 0.3) is 0 Å². The maximum absolute atomic E-state index is 12.9. The van der Waals surface area contributed by atoms with E-state index in [0.717, 1.165) is 9.80 Å². The molecule has 166 valence electrons. The van der Waals surface area contributed by atoms with Crippen LogP contribution in [-0.4, -0.2) is 28.2 Å². The third-order valence-electron chi connectivity index (χ3n) is 4.83. The minimum atomic E-state index is -0.569. The summed E-state index contributed by atoms with van der Waals surface area (Å²) in [5.74, 6) is -0.619. The van der Waals surface area contributed by atoms with Gasteiger partial charge in [0.15, 0.2) is 0 Å². The average molecular weight is 500 g/mol. The van der Waals surface area contributed by atoms with Crippen LogP contribution in [0.5, 0.6) is 0 Å². The highest BCUT2D eigenvalue weighted by Crippen LogP contribution is 2.36. The number of hydrogen-bond acceptors (Lipinski definition) is 6. The molecule has 1 fully saturated rings. The number of nitrogens with zero attached hydrogens (tertiary/aromatic N) is 3. The Morgan fingerprint density at radius 1 is 1.03 bits per heavy atom. The van der Waals surface area contributed by atoms with E-state index in [1.807, 2.05) is 18.2 Å². The maximum atomic E-state index is 12.9. The molecule has 1 aliphatic rings. The Hall–Kier alpha value is -3.20. The first-order valence-electron chi connectivity index (χ1n) is 9.69. The molecule has 0 unspecified atom stereocenters. The average Bonchev–Trinajstić information content (AvgIpc) is 3.07. The van der Waals surface area contributed by atoms with Crippen LogP contribution in [0.2, 0.25) is 10.0 Å². The van der Waals surface area contributed by atoms with Crippen LogP contribution in [0.1, 0.15) is 12.0 Å². The SMILES string of the molecule is O=C1C[C@@H](Sc2cccc(N=Cc3ccc([N+](=O)[O-])cc3)c2)C(=O)N1c1ccc(Cl)c(Cl)c1. The van der Waals surface area contributed by atoms with Crippen LogP contribution in [0.4, 0.5) is 17.1 Å². The van der Waals surface area contributed by atoms with Gasteiger partial charge in [-0.2, -0.15) is 0 Å². The first kappa shape index (κ1) is 23.0. The van der Waals surface area contributed by atoms with E-state index in [1.54, 1.807) is 36.5 Å². The molecule has 0 bridgehead atoms. The molecule has 3 aromatic rings. The molecule has 7 nitrogen and oxygen atoms in total. The molecule has 2 amide bonds. The van der Waals surface area contributed by atoms with Gasteiger partial charge in [0.05, 0.1) is 31.6 Å². The predicted octanol–water partition coefficient (Wildman–Crippen LogP) is 6.08. The Morgan fingerprint density at radius 2 is 1.79 bits per heavy atom. The summed E-state index contributed by atoms with van der Waals surface area (Å²) in [5.41, 5.74) is 1.77. The number of thioether (sulfide) groups is 1. The highest BCUT2D eigenvalue weighted by atomic mass is 35.5. The molecule has 1 atom stereocenters. The molecule has 1 saturated heterocycles. The molecule has 0 aliphatic carbocycles. The molecule has 0 radical (unpaired) electrons. The van der Waals surface area contributed by atoms with Crippen LogP contribution >= 0.6 is 35.0 Å². The molecular formula is C23H15Cl2N3O4S. The topological polar surface area (TPSA) is 92.9 Å².